The maximum atomic E-state index is 13.3. The fourth-order valence-electron chi connectivity index (χ4n) is 5.59. The molecule has 1 saturated carbocycles. The molecule has 0 radical (unpaired) electrons. The fraction of sp³-hybridized carbons (Fsp3) is 0.400. The van der Waals surface area contributed by atoms with E-state index in [-0.39, 0.29) is 23.7 Å². The Morgan fingerprint density at radius 1 is 1.00 bits per heavy atom. The summed E-state index contributed by atoms with van der Waals surface area (Å²) < 4.78 is 13.3. The molecule has 198 valence electrons. The maximum absolute atomic E-state index is 13.3. The summed E-state index contributed by atoms with van der Waals surface area (Å²) >= 11 is 6.48. The average Bonchev–Trinajstić information content (AvgIpc) is 2.95. The van der Waals surface area contributed by atoms with Crippen LogP contribution in [0.15, 0.2) is 54.7 Å². The zero-order valence-corrected chi connectivity index (χ0v) is 22.0. The first-order valence-corrected chi connectivity index (χ1v) is 13.8. The highest BCUT2D eigenvalue weighted by atomic mass is 35.5. The fourth-order valence-corrected chi connectivity index (χ4v) is 5.79. The van der Waals surface area contributed by atoms with E-state index in [0.717, 1.165) is 61.5 Å². The first kappa shape index (κ1) is 26.3. The van der Waals surface area contributed by atoms with Crippen molar-refractivity contribution in [3.63, 3.8) is 0 Å². The molecule has 2 heterocycles. The molecule has 0 atom stereocenters. The molecule has 3 aromatic rings. The molecule has 2 fully saturated rings. The number of nitrogens with zero attached hydrogens (tertiary/aromatic N) is 3. The lowest BCUT2D eigenvalue weighted by Crippen LogP contribution is -2.45. The minimum atomic E-state index is -0.270. The summed E-state index contributed by atoms with van der Waals surface area (Å²) in [4.78, 5) is 34.9. The third-order valence-corrected chi connectivity index (χ3v) is 8.10. The van der Waals surface area contributed by atoms with Crippen molar-refractivity contribution in [1.29, 1.82) is 0 Å². The van der Waals surface area contributed by atoms with Gasteiger partial charge in [0.05, 0.1) is 16.9 Å². The highest BCUT2D eigenvalue weighted by molar-refractivity contribution is 6.32. The molecule has 0 spiro atoms. The van der Waals surface area contributed by atoms with Gasteiger partial charge in [0.25, 0.3) is 0 Å². The SMILES string of the molecule is O=CC[C@H]1CC[C@H](C(=O)N2CCC(Nc3ncc(Cl)c(-c4cccc(-c5ccc(F)cc5)c4)n3)CC2)CC1. The molecule has 0 unspecified atom stereocenters. The van der Waals surface area contributed by atoms with Crippen LogP contribution in [0.1, 0.15) is 44.9 Å². The quantitative estimate of drug-likeness (QED) is 0.355. The van der Waals surface area contributed by atoms with E-state index < -0.39 is 0 Å². The van der Waals surface area contributed by atoms with Crippen molar-refractivity contribution in [3.05, 3.63) is 65.6 Å². The molecule has 1 aliphatic heterocycles. The van der Waals surface area contributed by atoms with E-state index in [1.165, 1.54) is 12.1 Å². The van der Waals surface area contributed by atoms with Crippen molar-refractivity contribution in [1.82, 2.24) is 14.9 Å². The molecule has 8 heteroatoms. The summed E-state index contributed by atoms with van der Waals surface area (Å²) in [6, 6.07) is 14.4. The van der Waals surface area contributed by atoms with Crippen LogP contribution in [-0.4, -0.2) is 46.2 Å². The molecule has 1 aliphatic carbocycles. The zero-order chi connectivity index (χ0) is 26.5. The number of aldehydes is 1. The molecular formula is C30H32ClFN4O2. The third-order valence-electron chi connectivity index (χ3n) is 7.82. The number of benzene rings is 2. The molecule has 2 aromatic carbocycles. The van der Waals surface area contributed by atoms with Gasteiger partial charge in [-0.3, -0.25) is 4.79 Å². The van der Waals surface area contributed by atoms with E-state index in [0.29, 0.717) is 42.1 Å². The lowest BCUT2D eigenvalue weighted by molar-refractivity contribution is -0.137. The second-order valence-electron chi connectivity index (χ2n) is 10.3. The highest BCUT2D eigenvalue weighted by Crippen LogP contribution is 2.33. The van der Waals surface area contributed by atoms with Gasteiger partial charge in [-0.2, -0.15) is 0 Å². The number of hydrogen-bond acceptors (Lipinski definition) is 5. The van der Waals surface area contributed by atoms with Gasteiger partial charge in [0.1, 0.15) is 12.1 Å². The standard InChI is InChI=1S/C30H32ClFN4O2/c31-27-19-33-30(35-28(27)24-3-1-2-23(18-24)21-8-10-25(32)11-9-21)34-26-12-15-36(16-13-26)29(38)22-6-4-20(5-7-22)14-17-37/h1-3,8-11,17-20,22,26H,4-7,12-16H2,(H,33,34,35)/t20-,22-. The summed E-state index contributed by atoms with van der Waals surface area (Å²) in [7, 11) is 0. The molecule has 2 aliphatic rings. The molecule has 5 rings (SSSR count). The number of likely N-dealkylation sites (tertiary alicyclic amines) is 1. The maximum Gasteiger partial charge on any atom is 0.225 e. The number of rotatable bonds is 7. The van der Waals surface area contributed by atoms with E-state index in [4.69, 9.17) is 16.6 Å². The molecule has 0 bridgehead atoms. The molecule has 1 saturated heterocycles. The Morgan fingerprint density at radius 2 is 1.71 bits per heavy atom. The second-order valence-corrected chi connectivity index (χ2v) is 10.7. The number of piperidine rings is 1. The molecule has 6 nitrogen and oxygen atoms in total. The number of amides is 1. The van der Waals surface area contributed by atoms with Gasteiger partial charge >= 0.3 is 0 Å². The minimum Gasteiger partial charge on any atom is -0.351 e. The lowest BCUT2D eigenvalue weighted by atomic mass is 9.80. The largest absolute Gasteiger partial charge is 0.351 e. The number of aromatic nitrogens is 2. The lowest BCUT2D eigenvalue weighted by Gasteiger charge is -2.36. The van der Waals surface area contributed by atoms with Gasteiger partial charge in [0.15, 0.2) is 0 Å². The zero-order valence-electron chi connectivity index (χ0n) is 21.3. The summed E-state index contributed by atoms with van der Waals surface area (Å²) in [6.07, 6.45) is 8.59. The van der Waals surface area contributed by atoms with Gasteiger partial charge in [-0.1, -0.05) is 41.9 Å². The van der Waals surface area contributed by atoms with Crippen LogP contribution >= 0.6 is 11.6 Å². The van der Waals surface area contributed by atoms with E-state index >= 15 is 0 Å². The molecule has 1 aromatic heterocycles. The number of carbonyl (C=O) groups excluding carboxylic acids is 2. The number of halogens is 2. The Kier molecular flexibility index (Phi) is 8.32. The van der Waals surface area contributed by atoms with Crippen LogP contribution in [0.2, 0.25) is 5.02 Å². The summed E-state index contributed by atoms with van der Waals surface area (Å²) in [5.74, 6) is 1.04. The summed E-state index contributed by atoms with van der Waals surface area (Å²) in [6.45, 7) is 1.43. The van der Waals surface area contributed by atoms with Gasteiger partial charge in [-0.05, 0) is 73.8 Å². The molecule has 1 N–H and O–H groups in total. The predicted molar refractivity (Wildman–Crippen MR) is 147 cm³/mol. The van der Waals surface area contributed by atoms with Crippen LogP contribution in [0.4, 0.5) is 10.3 Å². The van der Waals surface area contributed by atoms with Gasteiger partial charge in [-0.15, -0.1) is 0 Å². The topological polar surface area (TPSA) is 75.2 Å². The summed E-state index contributed by atoms with van der Waals surface area (Å²) in [5, 5.41) is 3.89. The molecule has 38 heavy (non-hydrogen) atoms. The molecule has 1 amide bonds. The van der Waals surface area contributed by atoms with Crippen molar-refractivity contribution in [3.8, 4) is 22.4 Å². The highest BCUT2D eigenvalue weighted by Gasteiger charge is 2.31. The molecular weight excluding hydrogens is 503 g/mol. The predicted octanol–water partition coefficient (Wildman–Crippen LogP) is 6.40. The van der Waals surface area contributed by atoms with Crippen LogP contribution in [0.3, 0.4) is 0 Å². The van der Waals surface area contributed by atoms with Crippen molar-refractivity contribution in [2.75, 3.05) is 18.4 Å². The monoisotopic (exact) mass is 534 g/mol. The van der Waals surface area contributed by atoms with Crippen LogP contribution in [0, 0.1) is 17.7 Å². The minimum absolute atomic E-state index is 0.0928. The summed E-state index contributed by atoms with van der Waals surface area (Å²) in [5.41, 5.74) is 3.34. The van der Waals surface area contributed by atoms with Crippen LogP contribution in [0.25, 0.3) is 22.4 Å². The van der Waals surface area contributed by atoms with Gasteiger partial charge in [0.2, 0.25) is 11.9 Å². The van der Waals surface area contributed by atoms with Gasteiger partial charge in [0, 0.05) is 37.0 Å². The van der Waals surface area contributed by atoms with Crippen LogP contribution in [-0.2, 0) is 9.59 Å². The second kappa shape index (κ2) is 12.0. The Bertz CT molecular complexity index is 1270. The number of hydrogen-bond donors (Lipinski definition) is 1. The van der Waals surface area contributed by atoms with Crippen molar-refractivity contribution < 1.29 is 14.0 Å². The number of carbonyl (C=O) groups is 2. The Balaban J connectivity index is 1.20. The normalized spacial score (nSPS) is 20.2. The third kappa shape index (κ3) is 6.21. The van der Waals surface area contributed by atoms with E-state index in [2.05, 4.69) is 10.3 Å². The van der Waals surface area contributed by atoms with Gasteiger partial charge < -0.3 is 15.0 Å². The van der Waals surface area contributed by atoms with E-state index in [1.54, 1.807) is 18.3 Å². The van der Waals surface area contributed by atoms with Crippen LogP contribution in [0.5, 0.6) is 0 Å². The van der Waals surface area contributed by atoms with E-state index in [9.17, 15) is 14.0 Å². The Labute approximate surface area is 227 Å². The average molecular weight is 535 g/mol. The Morgan fingerprint density at radius 3 is 2.42 bits per heavy atom. The number of anilines is 1. The first-order valence-electron chi connectivity index (χ1n) is 13.4. The number of nitrogens with one attached hydrogen (secondary N) is 1. The Hall–Kier alpha value is -3.32. The van der Waals surface area contributed by atoms with Crippen molar-refractivity contribution in [2.24, 2.45) is 11.8 Å². The van der Waals surface area contributed by atoms with Crippen molar-refractivity contribution >= 4 is 29.7 Å². The van der Waals surface area contributed by atoms with Gasteiger partial charge in [-0.25, -0.2) is 14.4 Å². The first-order chi connectivity index (χ1) is 18.5. The smallest absolute Gasteiger partial charge is 0.225 e. The van der Waals surface area contributed by atoms with Crippen LogP contribution < -0.4 is 5.32 Å². The van der Waals surface area contributed by atoms with Crippen molar-refractivity contribution in [2.45, 2.75) is 51.0 Å². The van der Waals surface area contributed by atoms with E-state index in [1.807, 2.05) is 29.2 Å².